The highest BCUT2D eigenvalue weighted by Gasteiger charge is 2.39. The van der Waals surface area contributed by atoms with E-state index in [9.17, 15) is 19.8 Å². The van der Waals surface area contributed by atoms with Gasteiger partial charge in [0.05, 0.1) is 24.7 Å². The first-order chi connectivity index (χ1) is 20.2. The molecule has 0 radical (unpaired) electrons. The lowest BCUT2D eigenvalue weighted by molar-refractivity contribution is -0.120. The molecule has 0 spiro atoms. The summed E-state index contributed by atoms with van der Waals surface area (Å²) in [6.45, 7) is 13.8. The fourth-order valence-electron chi connectivity index (χ4n) is 4.51. The van der Waals surface area contributed by atoms with Crippen molar-refractivity contribution in [1.29, 1.82) is 0 Å². The first kappa shape index (κ1) is 34.0. The van der Waals surface area contributed by atoms with Gasteiger partial charge in [0.2, 0.25) is 5.91 Å². The standard InChI is InChI=1S/C34H46N2O6Si/c1-23(35-21-31(42-43(5,6)34(2,3)4)28-14-15-30(38)29(19-28)22-37)16-25-8-7-9-26(17-25)18-32(39)36-20-24-10-12-27(13-11-24)33(40)41/h7-15,17,19,23,31,35,37-38H,16,18,20-22H2,1-6H3,(H,36,39)(H,40,41). The van der Waals surface area contributed by atoms with Crippen LogP contribution in [0.4, 0.5) is 0 Å². The molecular formula is C34H46N2O6Si. The molecule has 3 rings (SSSR count). The molecule has 0 bridgehead atoms. The molecule has 0 heterocycles. The molecule has 0 aliphatic carbocycles. The zero-order chi connectivity index (χ0) is 31.8. The van der Waals surface area contributed by atoms with Gasteiger partial charge in [0.1, 0.15) is 5.75 Å². The van der Waals surface area contributed by atoms with E-state index in [-0.39, 0.29) is 47.4 Å². The van der Waals surface area contributed by atoms with Gasteiger partial charge in [-0.1, -0.05) is 63.2 Å². The number of benzene rings is 3. The number of hydrogen-bond acceptors (Lipinski definition) is 6. The Kier molecular flexibility index (Phi) is 11.7. The molecule has 5 N–H and O–H groups in total. The number of carboxylic acids is 1. The van der Waals surface area contributed by atoms with E-state index < -0.39 is 14.3 Å². The minimum absolute atomic E-state index is 0.0191. The molecule has 0 aliphatic rings. The molecule has 3 aromatic rings. The predicted molar refractivity (Wildman–Crippen MR) is 172 cm³/mol. The molecule has 0 saturated heterocycles. The number of aromatic carboxylic acids is 1. The topological polar surface area (TPSA) is 128 Å². The van der Waals surface area contributed by atoms with Crippen molar-refractivity contribution in [2.24, 2.45) is 0 Å². The summed E-state index contributed by atoms with van der Waals surface area (Å²) in [6, 6.07) is 19.9. The molecule has 2 atom stereocenters. The van der Waals surface area contributed by atoms with Gasteiger partial charge in [-0.05, 0) is 78.0 Å². The van der Waals surface area contributed by atoms with E-state index in [0.29, 0.717) is 18.7 Å². The van der Waals surface area contributed by atoms with E-state index in [1.807, 2.05) is 24.3 Å². The van der Waals surface area contributed by atoms with Gasteiger partial charge in [-0.15, -0.1) is 0 Å². The van der Waals surface area contributed by atoms with E-state index in [2.05, 4.69) is 63.6 Å². The summed E-state index contributed by atoms with van der Waals surface area (Å²) in [6.07, 6.45) is 0.763. The smallest absolute Gasteiger partial charge is 0.335 e. The van der Waals surface area contributed by atoms with Crippen LogP contribution in [0.2, 0.25) is 18.1 Å². The number of aliphatic hydroxyl groups is 1. The molecule has 0 aromatic heterocycles. The number of carbonyl (C=O) groups is 2. The minimum Gasteiger partial charge on any atom is -0.508 e. The zero-order valence-corrected chi connectivity index (χ0v) is 27.1. The fourth-order valence-corrected chi connectivity index (χ4v) is 5.79. The van der Waals surface area contributed by atoms with Crippen LogP contribution in [-0.2, 0) is 35.2 Å². The van der Waals surface area contributed by atoms with Crippen molar-refractivity contribution in [2.75, 3.05) is 6.54 Å². The van der Waals surface area contributed by atoms with Crippen molar-refractivity contribution in [3.05, 3.63) is 100 Å². The van der Waals surface area contributed by atoms with Gasteiger partial charge in [0.15, 0.2) is 8.32 Å². The van der Waals surface area contributed by atoms with Crippen LogP contribution < -0.4 is 10.6 Å². The van der Waals surface area contributed by atoms with Gasteiger partial charge in [-0.2, -0.15) is 0 Å². The van der Waals surface area contributed by atoms with Gasteiger partial charge < -0.3 is 30.4 Å². The van der Waals surface area contributed by atoms with E-state index >= 15 is 0 Å². The lowest BCUT2D eigenvalue weighted by Crippen LogP contribution is -2.44. The number of nitrogens with one attached hydrogen (secondary N) is 2. The van der Waals surface area contributed by atoms with E-state index in [1.165, 1.54) is 12.1 Å². The first-order valence-corrected chi connectivity index (χ1v) is 17.6. The Morgan fingerprint density at radius 2 is 1.63 bits per heavy atom. The summed E-state index contributed by atoms with van der Waals surface area (Å²) < 4.78 is 6.81. The Balaban J connectivity index is 1.60. The van der Waals surface area contributed by atoms with Crippen LogP contribution in [0.25, 0.3) is 0 Å². The van der Waals surface area contributed by atoms with Crippen LogP contribution in [0.1, 0.15) is 72.0 Å². The summed E-state index contributed by atoms with van der Waals surface area (Å²) in [5.41, 5.74) is 4.48. The number of aliphatic hydroxyl groups excluding tert-OH is 1. The highest BCUT2D eigenvalue weighted by molar-refractivity contribution is 6.74. The highest BCUT2D eigenvalue weighted by Crippen LogP contribution is 2.40. The van der Waals surface area contributed by atoms with Gasteiger partial charge in [0, 0.05) is 24.7 Å². The van der Waals surface area contributed by atoms with Crippen molar-refractivity contribution in [1.82, 2.24) is 10.6 Å². The number of aromatic hydroxyl groups is 1. The molecule has 0 aliphatic heterocycles. The molecule has 232 valence electrons. The zero-order valence-electron chi connectivity index (χ0n) is 26.1. The third-order valence-corrected chi connectivity index (χ3v) is 12.6. The maximum Gasteiger partial charge on any atom is 0.335 e. The van der Waals surface area contributed by atoms with Crippen molar-refractivity contribution in [3.8, 4) is 5.75 Å². The number of amides is 1. The summed E-state index contributed by atoms with van der Waals surface area (Å²) >= 11 is 0. The van der Waals surface area contributed by atoms with Crippen LogP contribution >= 0.6 is 0 Å². The number of carbonyl (C=O) groups excluding carboxylic acids is 1. The molecule has 0 fully saturated rings. The highest BCUT2D eigenvalue weighted by atomic mass is 28.4. The van der Waals surface area contributed by atoms with Crippen LogP contribution in [0.3, 0.4) is 0 Å². The van der Waals surface area contributed by atoms with Crippen LogP contribution in [0.15, 0.2) is 66.7 Å². The Labute approximate surface area is 256 Å². The second kappa shape index (κ2) is 14.8. The summed E-state index contributed by atoms with van der Waals surface area (Å²) in [4.78, 5) is 23.6. The average molecular weight is 607 g/mol. The second-order valence-electron chi connectivity index (χ2n) is 12.7. The average Bonchev–Trinajstić information content (AvgIpc) is 2.94. The van der Waals surface area contributed by atoms with E-state index in [0.717, 1.165) is 28.7 Å². The largest absolute Gasteiger partial charge is 0.508 e. The molecule has 0 saturated carbocycles. The number of phenols is 1. The van der Waals surface area contributed by atoms with Crippen molar-refractivity contribution < 1.29 is 29.3 Å². The van der Waals surface area contributed by atoms with Gasteiger partial charge in [-0.25, -0.2) is 4.79 Å². The van der Waals surface area contributed by atoms with Crippen LogP contribution in [0, 0.1) is 0 Å². The Morgan fingerprint density at radius 3 is 2.26 bits per heavy atom. The Morgan fingerprint density at radius 1 is 0.953 bits per heavy atom. The molecular weight excluding hydrogens is 560 g/mol. The predicted octanol–water partition coefficient (Wildman–Crippen LogP) is 5.73. The van der Waals surface area contributed by atoms with Gasteiger partial charge >= 0.3 is 5.97 Å². The summed E-state index contributed by atoms with van der Waals surface area (Å²) in [5, 5.41) is 35.4. The third-order valence-electron chi connectivity index (χ3n) is 8.13. The Hall–Kier alpha value is -3.50. The molecule has 8 nitrogen and oxygen atoms in total. The molecule has 3 aromatic carbocycles. The molecule has 2 unspecified atom stereocenters. The quantitative estimate of drug-likeness (QED) is 0.148. The van der Waals surface area contributed by atoms with Crippen LogP contribution in [0.5, 0.6) is 5.75 Å². The van der Waals surface area contributed by atoms with E-state index in [1.54, 1.807) is 18.2 Å². The summed E-state index contributed by atoms with van der Waals surface area (Å²) in [5.74, 6) is -1.01. The monoisotopic (exact) mass is 606 g/mol. The van der Waals surface area contributed by atoms with Crippen molar-refractivity contribution in [2.45, 2.75) is 84.0 Å². The summed E-state index contributed by atoms with van der Waals surface area (Å²) in [7, 11) is -2.12. The SMILES string of the molecule is CC(Cc1cccc(CC(=O)NCc2ccc(C(=O)O)cc2)c1)NCC(O[Si](C)(C)C(C)(C)C)c1ccc(O)c(CO)c1. The molecule has 1 amide bonds. The number of hydrogen-bond donors (Lipinski definition) is 5. The third kappa shape index (κ3) is 10.0. The van der Waals surface area contributed by atoms with Gasteiger partial charge in [0.25, 0.3) is 0 Å². The lowest BCUT2D eigenvalue weighted by atomic mass is 10.0. The fraction of sp³-hybridized carbons (Fsp3) is 0.412. The van der Waals surface area contributed by atoms with Gasteiger partial charge in [-0.3, -0.25) is 4.79 Å². The lowest BCUT2D eigenvalue weighted by Gasteiger charge is -2.40. The number of carboxylic acid groups (broad SMARTS) is 1. The normalized spacial score (nSPS) is 13.4. The maximum absolute atomic E-state index is 12.6. The molecule has 9 heteroatoms. The number of rotatable bonds is 14. The Bertz CT molecular complexity index is 1380. The minimum atomic E-state index is -2.12. The van der Waals surface area contributed by atoms with Crippen molar-refractivity contribution >= 4 is 20.2 Å². The van der Waals surface area contributed by atoms with E-state index in [4.69, 9.17) is 9.53 Å². The first-order valence-electron chi connectivity index (χ1n) is 14.7. The molecule has 43 heavy (non-hydrogen) atoms. The maximum atomic E-state index is 12.6. The van der Waals surface area contributed by atoms with Crippen molar-refractivity contribution in [3.63, 3.8) is 0 Å². The second-order valence-corrected chi connectivity index (χ2v) is 17.5. The van der Waals surface area contributed by atoms with Crippen LogP contribution in [-0.4, -0.2) is 48.1 Å².